The van der Waals surface area contributed by atoms with Crippen LogP contribution < -0.4 is 10.6 Å². The van der Waals surface area contributed by atoms with Gasteiger partial charge in [-0.1, -0.05) is 24.6 Å². The predicted octanol–water partition coefficient (Wildman–Crippen LogP) is 3.15. The zero-order chi connectivity index (χ0) is 15.5. The maximum absolute atomic E-state index is 12.1. The smallest absolute Gasteiger partial charge is 0.329 e. The Bertz CT molecular complexity index is 517. The lowest BCUT2D eigenvalue weighted by Gasteiger charge is -2.36. The molecule has 0 atom stereocenters. The molecule has 1 saturated carbocycles. The van der Waals surface area contributed by atoms with Crippen LogP contribution in [-0.2, 0) is 4.79 Å². The zero-order valence-electron chi connectivity index (χ0n) is 12.5. The summed E-state index contributed by atoms with van der Waals surface area (Å²) in [7, 11) is 0. The van der Waals surface area contributed by atoms with Crippen molar-refractivity contribution >= 4 is 17.7 Å². The molecule has 0 spiro atoms. The molecule has 5 nitrogen and oxygen atoms in total. The van der Waals surface area contributed by atoms with Gasteiger partial charge < -0.3 is 15.7 Å². The third-order valence-electron chi connectivity index (χ3n) is 4.20. The molecule has 0 saturated heterocycles. The van der Waals surface area contributed by atoms with Gasteiger partial charge >= 0.3 is 12.0 Å². The van der Waals surface area contributed by atoms with Crippen molar-refractivity contribution in [3.8, 4) is 0 Å². The van der Waals surface area contributed by atoms with Crippen molar-refractivity contribution in [2.24, 2.45) is 5.92 Å². The Kier molecular flexibility index (Phi) is 4.50. The summed E-state index contributed by atoms with van der Waals surface area (Å²) in [6.07, 6.45) is 2.59. The van der Waals surface area contributed by atoms with Gasteiger partial charge in [0.05, 0.1) is 0 Å². The number of carbonyl (C=O) groups excluding carboxylic acids is 1. The summed E-state index contributed by atoms with van der Waals surface area (Å²) < 4.78 is 0. The number of urea groups is 1. The minimum absolute atomic E-state index is 0.462. The third-order valence-corrected chi connectivity index (χ3v) is 4.20. The van der Waals surface area contributed by atoms with Crippen LogP contribution in [0.4, 0.5) is 10.5 Å². The van der Waals surface area contributed by atoms with Crippen molar-refractivity contribution < 1.29 is 14.7 Å². The van der Waals surface area contributed by atoms with Crippen LogP contribution in [-0.4, -0.2) is 22.6 Å². The van der Waals surface area contributed by atoms with E-state index in [0.717, 1.165) is 18.4 Å². The molecule has 1 aromatic rings. The summed E-state index contributed by atoms with van der Waals surface area (Å²) in [5, 5.41) is 14.8. The molecule has 1 aliphatic carbocycles. The molecule has 3 N–H and O–H groups in total. The number of hydrogen-bond donors (Lipinski definition) is 3. The molecule has 2 amide bonds. The zero-order valence-corrected chi connectivity index (χ0v) is 12.5. The molecule has 5 heteroatoms. The molecule has 0 bridgehead atoms. The minimum Gasteiger partial charge on any atom is -0.480 e. The Labute approximate surface area is 124 Å². The van der Waals surface area contributed by atoms with E-state index in [1.807, 2.05) is 19.1 Å². The Morgan fingerprint density at radius 1 is 1.19 bits per heavy atom. The average molecular weight is 290 g/mol. The highest BCUT2D eigenvalue weighted by Gasteiger charge is 2.42. The van der Waals surface area contributed by atoms with Crippen molar-refractivity contribution in [2.45, 2.75) is 45.1 Å². The summed E-state index contributed by atoms with van der Waals surface area (Å²) in [6.45, 7) is 4.07. The van der Waals surface area contributed by atoms with Crippen LogP contribution in [0.25, 0.3) is 0 Å². The van der Waals surface area contributed by atoms with Crippen LogP contribution in [0.1, 0.15) is 38.2 Å². The van der Waals surface area contributed by atoms with E-state index < -0.39 is 17.5 Å². The van der Waals surface area contributed by atoms with E-state index in [0.29, 0.717) is 24.4 Å². The third kappa shape index (κ3) is 3.74. The van der Waals surface area contributed by atoms with Gasteiger partial charge in [0.1, 0.15) is 5.54 Å². The highest BCUT2D eigenvalue weighted by atomic mass is 16.4. The molecular weight excluding hydrogens is 268 g/mol. The Morgan fingerprint density at radius 2 is 1.76 bits per heavy atom. The molecule has 21 heavy (non-hydrogen) atoms. The molecule has 0 radical (unpaired) electrons. The summed E-state index contributed by atoms with van der Waals surface area (Å²) >= 11 is 0. The van der Waals surface area contributed by atoms with E-state index in [2.05, 4.69) is 17.6 Å². The summed E-state index contributed by atoms with van der Waals surface area (Å²) in [6, 6.07) is 6.92. The van der Waals surface area contributed by atoms with Gasteiger partial charge in [-0.2, -0.15) is 0 Å². The van der Waals surface area contributed by atoms with Gasteiger partial charge in [0, 0.05) is 5.69 Å². The van der Waals surface area contributed by atoms with Crippen LogP contribution in [0, 0.1) is 12.8 Å². The number of carboxylic acid groups (broad SMARTS) is 1. The number of anilines is 1. The number of aryl methyl sites for hydroxylation is 1. The quantitative estimate of drug-likeness (QED) is 0.800. The van der Waals surface area contributed by atoms with Crippen molar-refractivity contribution in [1.29, 1.82) is 0 Å². The number of aliphatic carboxylic acids is 1. The summed E-state index contributed by atoms with van der Waals surface area (Å²) in [4.78, 5) is 23.6. The molecule has 0 aliphatic heterocycles. The Hall–Kier alpha value is -2.04. The maximum atomic E-state index is 12.1. The molecule has 1 fully saturated rings. The molecular formula is C16H22N2O3. The number of benzene rings is 1. The minimum atomic E-state index is -1.14. The number of nitrogens with one attached hydrogen (secondary N) is 2. The topological polar surface area (TPSA) is 78.4 Å². The first-order valence-electron chi connectivity index (χ1n) is 7.30. The number of hydrogen-bond acceptors (Lipinski definition) is 2. The van der Waals surface area contributed by atoms with Crippen molar-refractivity contribution in [2.75, 3.05) is 5.32 Å². The second kappa shape index (κ2) is 6.16. The van der Waals surface area contributed by atoms with Gasteiger partial charge in [0.15, 0.2) is 0 Å². The Morgan fingerprint density at radius 3 is 2.29 bits per heavy atom. The van der Waals surface area contributed by atoms with Gasteiger partial charge in [-0.15, -0.1) is 0 Å². The lowest BCUT2D eigenvalue weighted by molar-refractivity contribution is -0.146. The summed E-state index contributed by atoms with van der Waals surface area (Å²) in [5.41, 5.74) is 0.619. The first-order chi connectivity index (χ1) is 9.91. The van der Waals surface area contributed by atoms with Gasteiger partial charge in [0.25, 0.3) is 0 Å². The molecule has 1 aliphatic rings. The van der Waals surface area contributed by atoms with Crippen LogP contribution in [0.3, 0.4) is 0 Å². The van der Waals surface area contributed by atoms with E-state index in [9.17, 15) is 14.7 Å². The molecule has 114 valence electrons. The molecule has 0 aromatic heterocycles. The second-order valence-corrected chi connectivity index (χ2v) is 6.01. The van der Waals surface area contributed by atoms with Gasteiger partial charge in [0.2, 0.25) is 0 Å². The van der Waals surface area contributed by atoms with Crippen molar-refractivity contribution in [3.05, 3.63) is 29.8 Å². The van der Waals surface area contributed by atoms with Crippen molar-refractivity contribution in [1.82, 2.24) is 5.32 Å². The molecule has 1 aromatic carbocycles. The Balaban J connectivity index is 2.02. The van der Waals surface area contributed by atoms with Crippen molar-refractivity contribution in [3.63, 3.8) is 0 Å². The van der Waals surface area contributed by atoms with Crippen LogP contribution >= 0.6 is 0 Å². The second-order valence-electron chi connectivity index (χ2n) is 6.01. The van der Waals surface area contributed by atoms with E-state index in [1.54, 1.807) is 12.1 Å². The number of carboxylic acids is 1. The van der Waals surface area contributed by atoms with Crippen LogP contribution in [0.2, 0.25) is 0 Å². The average Bonchev–Trinajstić information content (AvgIpc) is 2.44. The highest BCUT2D eigenvalue weighted by molar-refractivity contribution is 5.94. The van der Waals surface area contributed by atoms with E-state index in [-0.39, 0.29) is 0 Å². The predicted molar refractivity (Wildman–Crippen MR) is 81.3 cm³/mol. The van der Waals surface area contributed by atoms with Crippen LogP contribution in [0.15, 0.2) is 24.3 Å². The number of rotatable bonds is 3. The lowest BCUT2D eigenvalue weighted by Crippen LogP contribution is -2.57. The molecule has 0 unspecified atom stereocenters. The van der Waals surface area contributed by atoms with E-state index in [4.69, 9.17) is 0 Å². The normalized spacial score (nSPS) is 25.1. The number of carbonyl (C=O) groups is 2. The highest BCUT2D eigenvalue weighted by Crippen LogP contribution is 2.32. The van der Waals surface area contributed by atoms with Gasteiger partial charge in [-0.3, -0.25) is 0 Å². The standard InChI is InChI=1S/C16H22N2O3/c1-11-3-5-13(6-4-11)17-15(21)18-16(14(19)20)9-7-12(2)8-10-16/h3-6,12H,7-10H2,1-2H3,(H,19,20)(H2,17,18,21). The van der Waals surface area contributed by atoms with Gasteiger partial charge in [-0.25, -0.2) is 9.59 Å². The molecule has 0 heterocycles. The van der Waals surface area contributed by atoms with Crippen LogP contribution in [0.5, 0.6) is 0 Å². The maximum Gasteiger partial charge on any atom is 0.329 e. The number of amides is 2. The first-order valence-corrected chi connectivity index (χ1v) is 7.30. The fraction of sp³-hybridized carbons (Fsp3) is 0.500. The van der Waals surface area contributed by atoms with Gasteiger partial charge in [-0.05, 0) is 50.7 Å². The fourth-order valence-corrected chi connectivity index (χ4v) is 2.66. The summed E-state index contributed by atoms with van der Waals surface area (Å²) in [5.74, 6) is -0.437. The van der Waals surface area contributed by atoms with E-state index >= 15 is 0 Å². The largest absolute Gasteiger partial charge is 0.480 e. The lowest BCUT2D eigenvalue weighted by atomic mass is 9.77. The fourth-order valence-electron chi connectivity index (χ4n) is 2.66. The first kappa shape index (κ1) is 15.4. The molecule has 2 rings (SSSR count). The monoisotopic (exact) mass is 290 g/mol. The SMILES string of the molecule is Cc1ccc(NC(=O)NC2(C(=O)O)CCC(C)CC2)cc1. The van der Waals surface area contributed by atoms with E-state index in [1.165, 1.54) is 0 Å².